The highest BCUT2D eigenvalue weighted by Crippen LogP contribution is 2.32. The van der Waals surface area contributed by atoms with Crippen LogP contribution in [0.15, 0.2) is 29.6 Å². The van der Waals surface area contributed by atoms with Crippen molar-refractivity contribution >= 4 is 17.3 Å². The molecule has 0 unspecified atom stereocenters. The van der Waals surface area contributed by atoms with Crippen LogP contribution in [0.2, 0.25) is 0 Å². The van der Waals surface area contributed by atoms with E-state index in [9.17, 15) is 9.18 Å². The second-order valence-corrected chi connectivity index (χ2v) is 4.48. The maximum absolute atomic E-state index is 13.1. The number of aryl methyl sites for hydroxylation is 1. The number of halogens is 1. The van der Waals surface area contributed by atoms with Gasteiger partial charge >= 0.3 is 5.97 Å². The van der Waals surface area contributed by atoms with E-state index in [1.54, 1.807) is 17.5 Å². The van der Waals surface area contributed by atoms with Crippen molar-refractivity contribution in [1.82, 2.24) is 0 Å². The lowest BCUT2D eigenvalue weighted by Crippen LogP contribution is -1.96. The number of hydrogen-bond donors (Lipinski definition) is 1. The molecule has 1 N–H and O–H groups in total. The number of hydrogen-bond acceptors (Lipinski definition) is 2. The van der Waals surface area contributed by atoms with Gasteiger partial charge < -0.3 is 5.11 Å². The standard InChI is InChI=1S/C12H9FO2S/c1-7-11(10(6-16-7)12(14)15)8-3-2-4-9(13)5-8/h2-6H,1H3,(H,14,15). The van der Waals surface area contributed by atoms with Gasteiger partial charge in [-0.15, -0.1) is 11.3 Å². The van der Waals surface area contributed by atoms with Crippen molar-refractivity contribution < 1.29 is 14.3 Å². The van der Waals surface area contributed by atoms with Crippen LogP contribution < -0.4 is 0 Å². The molecule has 0 aliphatic heterocycles. The van der Waals surface area contributed by atoms with E-state index in [-0.39, 0.29) is 11.4 Å². The molecule has 0 saturated heterocycles. The van der Waals surface area contributed by atoms with E-state index in [1.807, 2.05) is 6.92 Å². The number of carboxylic acids is 1. The predicted octanol–water partition coefficient (Wildman–Crippen LogP) is 3.56. The lowest BCUT2D eigenvalue weighted by atomic mass is 10.0. The van der Waals surface area contributed by atoms with Gasteiger partial charge in [0, 0.05) is 15.8 Å². The average molecular weight is 236 g/mol. The number of benzene rings is 1. The molecule has 0 atom stereocenters. The van der Waals surface area contributed by atoms with Crippen molar-refractivity contribution in [1.29, 1.82) is 0 Å². The van der Waals surface area contributed by atoms with Gasteiger partial charge in [-0.2, -0.15) is 0 Å². The van der Waals surface area contributed by atoms with E-state index in [4.69, 9.17) is 5.11 Å². The first kappa shape index (κ1) is 10.8. The molecule has 0 aliphatic carbocycles. The van der Waals surface area contributed by atoms with Gasteiger partial charge in [-0.05, 0) is 24.6 Å². The summed E-state index contributed by atoms with van der Waals surface area (Å²) in [7, 11) is 0. The average Bonchev–Trinajstić information content (AvgIpc) is 2.60. The lowest BCUT2D eigenvalue weighted by molar-refractivity contribution is 0.0698. The van der Waals surface area contributed by atoms with Crippen molar-refractivity contribution in [2.75, 3.05) is 0 Å². The summed E-state index contributed by atoms with van der Waals surface area (Å²) >= 11 is 1.36. The van der Waals surface area contributed by atoms with Crippen LogP contribution in [0.5, 0.6) is 0 Å². The van der Waals surface area contributed by atoms with Gasteiger partial charge in [0.2, 0.25) is 0 Å². The third kappa shape index (κ3) is 1.84. The van der Waals surface area contributed by atoms with E-state index in [0.29, 0.717) is 11.1 Å². The second kappa shape index (κ2) is 4.06. The normalized spacial score (nSPS) is 10.4. The van der Waals surface area contributed by atoms with Gasteiger partial charge in [-0.3, -0.25) is 0 Å². The fourth-order valence-corrected chi connectivity index (χ4v) is 2.47. The first-order valence-corrected chi connectivity index (χ1v) is 5.55. The molecule has 0 aliphatic rings. The predicted molar refractivity (Wildman–Crippen MR) is 61.4 cm³/mol. The summed E-state index contributed by atoms with van der Waals surface area (Å²) in [6, 6.07) is 5.98. The fourth-order valence-electron chi connectivity index (χ4n) is 1.61. The molecule has 4 heteroatoms. The second-order valence-electron chi connectivity index (χ2n) is 3.40. The Morgan fingerprint density at radius 2 is 2.19 bits per heavy atom. The Balaban J connectivity index is 2.63. The third-order valence-electron chi connectivity index (χ3n) is 2.32. The van der Waals surface area contributed by atoms with E-state index in [2.05, 4.69) is 0 Å². The summed E-state index contributed by atoms with van der Waals surface area (Å²) in [5.74, 6) is -1.34. The van der Waals surface area contributed by atoms with Crippen LogP contribution in [0.1, 0.15) is 15.2 Å². The van der Waals surface area contributed by atoms with Crippen LogP contribution in [0.4, 0.5) is 4.39 Å². The van der Waals surface area contributed by atoms with E-state index < -0.39 is 5.97 Å². The van der Waals surface area contributed by atoms with Crippen molar-refractivity contribution in [2.24, 2.45) is 0 Å². The van der Waals surface area contributed by atoms with Gasteiger partial charge in [0.1, 0.15) is 5.82 Å². The Morgan fingerprint density at radius 1 is 1.44 bits per heavy atom. The van der Waals surface area contributed by atoms with Crippen LogP contribution in [-0.4, -0.2) is 11.1 Å². The van der Waals surface area contributed by atoms with Crippen LogP contribution in [0.3, 0.4) is 0 Å². The molecule has 0 bridgehead atoms. The number of carbonyl (C=O) groups is 1. The highest BCUT2D eigenvalue weighted by Gasteiger charge is 2.16. The largest absolute Gasteiger partial charge is 0.478 e. The molecular formula is C12H9FO2S. The minimum Gasteiger partial charge on any atom is -0.478 e. The Hall–Kier alpha value is -1.68. The van der Waals surface area contributed by atoms with Crippen LogP contribution in [-0.2, 0) is 0 Å². The van der Waals surface area contributed by atoms with E-state index in [1.165, 1.54) is 23.5 Å². The minimum absolute atomic E-state index is 0.230. The zero-order chi connectivity index (χ0) is 11.7. The Morgan fingerprint density at radius 3 is 2.81 bits per heavy atom. The fraction of sp³-hybridized carbons (Fsp3) is 0.0833. The molecule has 1 aromatic carbocycles. The molecule has 1 heterocycles. The molecule has 82 valence electrons. The smallest absolute Gasteiger partial charge is 0.337 e. The Labute approximate surface area is 96.0 Å². The Kier molecular flexibility index (Phi) is 2.75. The van der Waals surface area contributed by atoms with Crippen molar-refractivity contribution in [3.05, 3.63) is 45.9 Å². The SMILES string of the molecule is Cc1scc(C(=O)O)c1-c1cccc(F)c1. The summed E-state index contributed by atoms with van der Waals surface area (Å²) < 4.78 is 13.1. The number of aromatic carboxylic acids is 1. The summed E-state index contributed by atoms with van der Waals surface area (Å²) in [5.41, 5.74) is 1.45. The highest BCUT2D eigenvalue weighted by atomic mass is 32.1. The number of carboxylic acid groups (broad SMARTS) is 1. The van der Waals surface area contributed by atoms with Gasteiger partial charge in [-0.1, -0.05) is 12.1 Å². The Bertz CT molecular complexity index is 546. The molecule has 0 saturated carbocycles. The van der Waals surface area contributed by atoms with Gasteiger partial charge in [-0.25, -0.2) is 9.18 Å². The summed E-state index contributed by atoms with van der Waals surface area (Å²) in [4.78, 5) is 11.9. The van der Waals surface area contributed by atoms with Crippen molar-refractivity contribution in [3.63, 3.8) is 0 Å². The summed E-state index contributed by atoms with van der Waals surface area (Å²) in [5, 5.41) is 10.6. The molecule has 0 fully saturated rings. The van der Waals surface area contributed by atoms with Gasteiger partial charge in [0.25, 0.3) is 0 Å². The molecule has 1 aromatic heterocycles. The summed E-state index contributed by atoms with van der Waals surface area (Å²) in [6.45, 7) is 1.83. The molecule has 2 rings (SSSR count). The van der Waals surface area contributed by atoms with Crippen LogP contribution in [0.25, 0.3) is 11.1 Å². The van der Waals surface area contributed by atoms with E-state index in [0.717, 1.165) is 4.88 Å². The third-order valence-corrected chi connectivity index (χ3v) is 3.23. The van der Waals surface area contributed by atoms with Crippen molar-refractivity contribution in [2.45, 2.75) is 6.92 Å². The molecule has 2 aromatic rings. The first-order valence-electron chi connectivity index (χ1n) is 4.67. The zero-order valence-corrected chi connectivity index (χ0v) is 9.34. The maximum Gasteiger partial charge on any atom is 0.337 e. The summed E-state index contributed by atoms with van der Waals surface area (Å²) in [6.07, 6.45) is 0. The highest BCUT2D eigenvalue weighted by molar-refractivity contribution is 7.10. The van der Waals surface area contributed by atoms with E-state index >= 15 is 0 Å². The maximum atomic E-state index is 13.1. The number of rotatable bonds is 2. The van der Waals surface area contributed by atoms with Gasteiger partial charge in [0.05, 0.1) is 5.56 Å². The lowest BCUT2D eigenvalue weighted by Gasteiger charge is -2.03. The monoisotopic (exact) mass is 236 g/mol. The first-order chi connectivity index (χ1) is 7.59. The van der Waals surface area contributed by atoms with Crippen molar-refractivity contribution in [3.8, 4) is 11.1 Å². The zero-order valence-electron chi connectivity index (χ0n) is 8.53. The molecule has 0 spiro atoms. The molecule has 0 radical (unpaired) electrons. The van der Waals surface area contributed by atoms with Crippen LogP contribution in [0, 0.1) is 12.7 Å². The molecule has 0 amide bonds. The number of thiophene rings is 1. The topological polar surface area (TPSA) is 37.3 Å². The molecular weight excluding hydrogens is 227 g/mol. The molecule has 2 nitrogen and oxygen atoms in total. The molecule has 16 heavy (non-hydrogen) atoms. The van der Waals surface area contributed by atoms with Crippen LogP contribution >= 0.6 is 11.3 Å². The van der Waals surface area contributed by atoms with Gasteiger partial charge in [0.15, 0.2) is 0 Å². The quantitative estimate of drug-likeness (QED) is 0.865. The minimum atomic E-state index is -0.983.